The van der Waals surface area contributed by atoms with Crippen LogP contribution in [0.5, 0.6) is 0 Å². The number of benzene rings is 1. The topological polar surface area (TPSA) is 12.5 Å². The summed E-state index contributed by atoms with van der Waals surface area (Å²) >= 11 is 1.77. The highest BCUT2D eigenvalue weighted by Crippen LogP contribution is 2.38. The molecule has 1 heterocycles. The highest BCUT2D eigenvalue weighted by atomic mass is 32.2. The first kappa shape index (κ1) is 8.14. The molecule has 1 aromatic carbocycles. The van der Waals surface area contributed by atoms with Crippen molar-refractivity contribution in [2.45, 2.75) is 17.4 Å². The van der Waals surface area contributed by atoms with E-state index in [9.17, 15) is 0 Å². The van der Waals surface area contributed by atoms with Gasteiger partial charge in [0, 0.05) is 4.90 Å². The van der Waals surface area contributed by atoms with Crippen molar-refractivity contribution in [1.29, 1.82) is 0 Å². The first-order valence-electron chi connectivity index (χ1n) is 4.03. The van der Waals surface area contributed by atoms with Crippen molar-refractivity contribution < 1.29 is 4.74 Å². The van der Waals surface area contributed by atoms with Gasteiger partial charge in [0.25, 0.3) is 0 Å². The van der Waals surface area contributed by atoms with Crippen LogP contribution < -0.4 is 0 Å². The van der Waals surface area contributed by atoms with E-state index in [2.05, 4.69) is 37.4 Å². The van der Waals surface area contributed by atoms with E-state index in [1.54, 1.807) is 11.8 Å². The lowest BCUT2D eigenvalue weighted by Gasteiger charge is -2.06. The Bertz CT molecular complexity index is 292. The molecule has 1 nitrogen and oxygen atoms in total. The molecular weight excluding hydrogens is 168 g/mol. The van der Waals surface area contributed by atoms with E-state index in [4.69, 9.17) is 4.74 Å². The summed E-state index contributed by atoms with van der Waals surface area (Å²) in [5, 5.41) is 0. The molecule has 1 fully saturated rings. The Hall–Kier alpha value is -0.470. The molecule has 1 unspecified atom stereocenters. The number of thioether (sulfide) groups is 1. The van der Waals surface area contributed by atoms with Gasteiger partial charge in [0.15, 0.2) is 0 Å². The van der Waals surface area contributed by atoms with Crippen molar-refractivity contribution in [2.75, 3.05) is 12.9 Å². The second kappa shape index (κ2) is 2.79. The van der Waals surface area contributed by atoms with Crippen LogP contribution in [0.15, 0.2) is 29.2 Å². The minimum Gasteiger partial charge on any atom is -0.365 e. The van der Waals surface area contributed by atoms with E-state index in [0.29, 0.717) is 0 Å². The molecule has 1 atom stereocenters. The fraction of sp³-hybridized carbons (Fsp3) is 0.400. The molecule has 2 heteroatoms. The first-order chi connectivity index (χ1) is 5.74. The molecule has 0 N–H and O–H groups in total. The fourth-order valence-corrected chi connectivity index (χ4v) is 1.69. The van der Waals surface area contributed by atoms with Gasteiger partial charge < -0.3 is 4.74 Å². The molecule has 0 radical (unpaired) electrons. The van der Waals surface area contributed by atoms with Crippen LogP contribution in [0.1, 0.15) is 12.5 Å². The lowest BCUT2D eigenvalue weighted by molar-refractivity contribution is 0.329. The van der Waals surface area contributed by atoms with E-state index < -0.39 is 0 Å². The molecule has 0 aliphatic carbocycles. The van der Waals surface area contributed by atoms with Crippen molar-refractivity contribution >= 4 is 11.8 Å². The average molecular weight is 180 g/mol. The molecule has 12 heavy (non-hydrogen) atoms. The highest BCUT2D eigenvalue weighted by Gasteiger charge is 2.40. The number of hydrogen-bond acceptors (Lipinski definition) is 2. The van der Waals surface area contributed by atoms with Crippen LogP contribution >= 0.6 is 11.8 Å². The maximum absolute atomic E-state index is 5.37. The normalized spacial score (nSPS) is 27.2. The van der Waals surface area contributed by atoms with Crippen LogP contribution in [0.4, 0.5) is 0 Å². The van der Waals surface area contributed by atoms with Gasteiger partial charge in [0.1, 0.15) is 5.60 Å². The standard InChI is InChI=1S/C10H12OS/c1-10(7-11-10)8-4-3-5-9(6-8)12-2/h3-6H,7H2,1-2H3. The van der Waals surface area contributed by atoms with Gasteiger partial charge in [0.05, 0.1) is 6.61 Å². The number of ether oxygens (including phenoxy) is 1. The molecule has 0 aromatic heterocycles. The summed E-state index contributed by atoms with van der Waals surface area (Å²) in [5.74, 6) is 0. The SMILES string of the molecule is CSc1cccc(C2(C)CO2)c1. The molecule has 1 aliphatic rings. The third kappa shape index (κ3) is 1.37. The largest absolute Gasteiger partial charge is 0.365 e. The third-order valence-corrected chi connectivity index (χ3v) is 2.98. The van der Waals surface area contributed by atoms with Gasteiger partial charge in [-0.15, -0.1) is 11.8 Å². The molecule has 1 saturated heterocycles. The van der Waals surface area contributed by atoms with Crippen LogP contribution in [-0.2, 0) is 10.3 Å². The van der Waals surface area contributed by atoms with Gasteiger partial charge in [-0.2, -0.15) is 0 Å². The Morgan fingerprint density at radius 1 is 1.50 bits per heavy atom. The third-order valence-electron chi connectivity index (χ3n) is 2.26. The van der Waals surface area contributed by atoms with Gasteiger partial charge >= 0.3 is 0 Å². The molecule has 0 spiro atoms. The second-order valence-electron chi connectivity index (χ2n) is 3.25. The number of hydrogen-bond donors (Lipinski definition) is 0. The Kier molecular flexibility index (Phi) is 1.89. The van der Waals surface area contributed by atoms with Crippen LogP contribution in [-0.4, -0.2) is 12.9 Å². The maximum atomic E-state index is 5.37. The first-order valence-corrected chi connectivity index (χ1v) is 5.25. The maximum Gasteiger partial charge on any atom is 0.114 e. The van der Waals surface area contributed by atoms with E-state index >= 15 is 0 Å². The Labute approximate surface area is 77.1 Å². The summed E-state index contributed by atoms with van der Waals surface area (Å²) in [7, 11) is 0. The summed E-state index contributed by atoms with van der Waals surface area (Å²) < 4.78 is 5.37. The lowest BCUT2D eigenvalue weighted by atomic mass is 10.0. The van der Waals surface area contributed by atoms with E-state index in [-0.39, 0.29) is 5.60 Å². The molecule has 64 valence electrons. The predicted octanol–water partition coefficient (Wildman–Crippen LogP) is 2.65. The summed E-state index contributed by atoms with van der Waals surface area (Å²) in [6, 6.07) is 8.55. The van der Waals surface area contributed by atoms with Crippen molar-refractivity contribution in [3.05, 3.63) is 29.8 Å². The van der Waals surface area contributed by atoms with E-state index in [1.807, 2.05) is 0 Å². The second-order valence-corrected chi connectivity index (χ2v) is 4.13. The predicted molar refractivity (Wildman–Crippen MR) is 51.5 cm³/mol. The van der Waals surface area contributed by atoms with Gasteiger partial charge in [-0.25, -0.2) is 0 Å². The van der Waals surface area contributed by atoms with Crippen molar-refractivity contribution in [3.63, 3.8) is 0 Å². The molecule has 0 saturated carbocycles. The number of epoxide rings is 1. The minimum atomic E-state index is 0.0196. The van der Waals surface area contributed by atoms with Gasteiger partial charge in [-0.1, -0.05) is 12.1 Å². The summed E-state index contributed by atoms with van der Waals surface area (Å²) in [6.07, 6.45) is 2.09. The summed E-state index contributed by atoms with van der Waals surface area (Å²) in [6.45, 7) is 3.00. The molecular formula is C10H12OS. The average Bonchev–Trinajstić information content (AvgIpc) is 2.85. The fourth-order valence-electron chi connectivity index (χ4n) is 1.23. The summed E-state index contributed by atoms with van der Waals surface area (Å²) in [4.78, 5) is 1.31. The summed E-state index contributed by atoms with van der Waals surface area (Å²) in [5.41, 5.74) is 1.32. The molecule has 0 amide bonds. The quantitative estimate of drug-likeness (QED) is 0.512. The van der Waals surface area contributed by atoms with Gasteiger partial charge in [-0.05, 0) is 30.9 Å². The number of rotatable bonds is 2. The van der Waals surface area contributed by atoms with Crippen LogP contribution in [0.25, 0.3) is 0 Å². The van der Waals surface area contributed by atoms with Crippen LogP contribution in [0.2, 0.25) is 0 Å². The van der Waals surface area contributed by atoms with Crippen LogP contribution in [0.3, 0.4) is 0 Å². The Morgan fingerprint density at radius 3 is 2.83 bits per heavy atom. The lowest BCUT2D eigenvalue weighted by Crippen LogP contribution is -2.01. The van der Waals surface area contributed by atoms with E-state index in [1.165, 1.54) is 10.5 Å². The molecule has 1 aliphatic heterocycles. The molecule has 1 aromatic rings. The Balaban J connectivity index is 2.32. The highest BCUT2D eigenvalue weighted by molar-refractivity contribution is 7.98. The van der Waals surface area contributed by atoms with Gasteiger partial charge in [-0.3, -0.25) is 0 Å². The van der Waals surface area contributed by atoms with E-state index in [0.717, 1.165) is 6.61 Å². The van der Waals surface area contributed by atoms with Gasteiger partial charge in [0.2, 0.25) is 0 Å². The monoisotopic (exact) mass is 180 g/mol. The van der Waals surface area contributed by atoms with Crippen molar-refractivity contribution in [2.24, 2.45) is 0 Å². The van der Waals surface area contributed by atoms with Crippen molar-refractivity contribution in [3.8, 4) is 0 Å². The zero-order valence-corrected chi connectivity index (χ0v) is 8.15. The van der Waals surface area contributed by atoms with Crippen molar-refractivity contribution in [1.82, 2.24) is 0 Å². The Morgan fingerprint density at radius 2 is 2.25 bits per heavy atom. The minimum absolute atomic E-state index is 0.0196. The smallest absolute Gasteiger partial charge is 0.114 e. The zero-order valence-electron chi connectivity index (χ0n) is 7.33. The molecule has 0 bridgehead atoms. The zero-order chi connectivity index (χ0) is 8.60. The van der Waals surface area contributed by atoms with Crippen LogP contribution in [0, 0.1) is 0 Å². The molecule has 2 rings (SSSR count).